The van der Waals surface area contributed by atoms with Crippen LogP contribution in [0, 0.1) is 18.8 Å². The summed E-state index contributed by atoms with van der Waals surface area (Å²) < 4.78 is 0. The van der Waals surface area contributed by atoms with Crippen molar-refractivity contribution in [2.75, 3.05) is 32.7 Å². The highest BCUT2D eigenvalue weighted by atomic mass is 16.2. The molecular weight excluding hydrogens is 346 g/mol. The fourth-order valence-corrected chi connectivity index (χ4v) is 4.84. The third kappa shape index (κ3) is 4.44. The number of likely N-dealkylation sites (tertiary alicyclic amines) is 2. The molecule has 3 heterocycles. The van der Waals surface area contributed by atoms with E-state index in [1.54, 1.807) is 6.20 Å². The van der Waals surface area contributed by atoms with Gasteiger partial charge in [0.2, 0.25) is 0 Å². The second kappa shape index (κ2) is 8.87. The largest absolute Gasteiger partial charge is 0.339 e. The van der Waals surface area contributed by atoms with Crippen molar-refractivity contribution in [3.05, 3.63) is 65.5 Å². The molecule has 0 bridgehead atoms. The van der Waals surface area contributed by atoms with Crippen molar-refractivity contribution in [1.82, 2.24) is 14.8 Å². The predicted molar refractivity (Wildman–Crippen MR) is 112 cm³/mol. The van der Waals surface area contributed by atoms with Crippen molar-refractivity contribution in [3.63, 3.8) is 0 Å². The Labute approximate surface area is 168 Å². The van der Waals surface area contributed by atoms with Crippen molar-refractivity contribution < 1.29 is 4.79 Å². The molecule has 2 saturated heterocycles. The highest BCUT2D eigenvalue weighted by Gasteiger charge is 2.33. The zero-order valence-electron chi connectivity index (χ0n) is 16.9. The topological polar surface area (TPSA) is 36.4 Å². The Morgan fingerprint density at radius 2 is 1.75 bits per heavy atom. The number of amides is 1. The number of benzene rings is 1. The van der Waals surface area contributed by atoms with Gasteiger partial charge in [-0.25, -0.2) is 0 Å². The van der Waals surface area contributed by atoms with E-state index in [1.807, 2.05) is 24.0 Å². The average molecular weight is 378 g/mol. The van der Waals surface area contributed by atoms with Gasteiger partial charge < -0.3 is 9.80 Å². The highest BCUT2D eigenvalue weighted by Crippen LogP contribution is 2.32. The highest BCUT2D eigenvalue weighted by molar-refractivity contribution is 5.95. The molecule has 1 aromatic carbocycles. The van der Waals surface area contributed by atoms with Gasteiger partial charge in [-0.15, -0.1) is 0 Å². The van der Waals surface area contributed by atoms with Crippen LogP contribution in [0.2, 0.25) is 0 Å². The van der Waals surface area contributed by atoms with Crippen molar-refractivity contribution in [3.8, 4) is 0 Å². The summed E-state index contributed by atoms with van der Waals surface area (Å²) in [5, 5.41) is 0. The van der Waals surface area contributed by atoms with Crippen molar-refractivity contribution in [1.29, 1.82) is 0 Å². The fraction of sp³-hybridized carbons (Fsp3) is 0.500. The van der Waals surface area contributed by atoms with E-state index < -0.39 is 0 Å². The van der Waals surface area contributed by atoms with Gasteiger partial charge in [0.05, 0.1) is 5.56 Å². The summed E-state index contributed by atoms with van der Waals surface area (Å²) in [5.74, 6) is 1.72. The number of aryl methyl sites for hydroxylation is 1. The maximum absolute atomic E-state index is 12.8. The molecule has 148 valence electrons. The van der Waals surface area contributed by atoms with E-state index in [1.165, 1.54) is 25.1 Å². The fourth-order valence-electron chi connectivity index (χ4n) is 4.84. The number of nitrogens with zero attached hydrogens (tertiary/aromatic N) is 3. The number of piperidine rings is 1. The van der Waals surface area contributed by atoms with Gasteiger partial charge in [-0.05, 0) is 68.7 Å². The summed E-state index contributed by atoms with van der Waals surface area (Å²) in [5.41, 5.74) is 3.02. The predicted octanol–water partition coefficient (Wildman–Crippen LogP) is 3.81. The normalized spacial score (nSPS) is 21.2. The SMILES string of the molecule is Cc1ncccc1C(=O)N1CCC([C@H]2CCN(CCc3ccccc3)C2)CC1. The quantitative estimate of drug-likeness (QED) is 0.795. The lowest BCUT2D eigenvalue weighted by atomic mass is 9.83. The van der Waals surface area contributed by atoms with E-state index in [-0.39, 0.29) is 5.91 Å². The molecule has 1 aromatic heterocycles. The molecule has 0 saturated carbocycles. The second-order valence-corrected chi connectivity index (χ2v) is 8.35. The zero-order valence-corrected chi connectivity index (χ0v) is 16.9. The molecule has 0 unspecified atom stereocenters. The summed E-state index contributed by atoms with van der Waals surface area (Å²) in [6.07, 6.45) is 6.49. The van der Waals surface area contributed by atoms with Crippen LogP contribution in [-0.2, 0) is 6.42 Å². The van der Waals surface area contributed by atoms with Crippen LogP contribution in [0.5, 0.6) is 0 Å². The number of aromatic nitrogens is 1. The third-order valence-corrected chi connectivity index (χ3v) is 6.60. The molecule has 0 aliphatic carbocycles. The molecule has 28 heavy (non-hydrogen) atoms. The van der Waals surface area contributed by atoms with E-state index in [0.717, 1.165) is 62.0 Å². The summed E-state index contributed by atoms with van der Waals surface area (Å²) in [6.45, 7) is 7.32. The number of hydrogen-bond acceptors (Lipinski definition) is 3. The van der Waals surface area contributed by atoms with Gasteiger partial charge in [-0.2, -0.15) is 0 Å². The number of pyridine rings is 1. The van der Waals surface area contributed by atoms with Gasteiger partial charge in [-0.1, -0.05) is 30.3 Å². The number of rotatable bonds is 5. The van der Waals surface area contributed by atoms with E-state index in [2.05, 4.69) is 40.2 Å². The van der Waals surface area contributed by atoms with Gasteiger partial charge in [0.25, 0.3) is 5.91 Å². The molecule has 1 amide bonds. The van der Waals surface area contributed by atoms with Gasteiger partial charge in [0, 0.05) is 38.1 Å². The monoisotopic (exact) mass is 377 g/mol. The van der Waals surface area contributed by atoms with Crippen molar-refractivity contribution in [2.24, 2.45) is 11.8 Å². The molecule has 2 aromatic rings. The lowest BCUT2D eigenvalue weighted by Crippen LogP contribution is -2.40. The first-order valence-corrected chi connectivity index (χ1v) is 10.7. The summed E-state index contributed by atoms with van der Waals surface area (Å²) >= 11 is 0. The molecule has 1 atom stereocenters. The summed E-state index contributed by atoms with van der Waals surface area (Å²) in [7, 11) is 0. The molecule has 4 nitrogen and oxygen atoms in total. The molecular formula is C24H31N3O. The molecule has 0 spiro atoms. The molecule has 2 aliphatic rings. The lowest BCUT2D eigenvalue weighted by molar-refractivity contribution is 0.0658. The number of hydrogen-bond donors (Lipinski definition) is 0. The maximum Gasteiger partial charge on any atom is 0.255 e. The molecule has 0 N–H and O–H groups in total. The average Bonchev–Trinajstić information content (AvgIpc) is 3.22. The van der Waals surface area contributed by atoms with Gasteiger partial charge in [-0.3, -0.25) is 9.78 Å². The van der Waals surface area contributed by atoms with Crippen LogP contribution >= 0.6 is 0 Å². The van der Waals surface area contributed by atoms with Gasteiger partial charge >= 0.3 is 0 Å². The molecule has 4 rings (SSSR count). The van der Waals surface area contributed by atoms with Crippen LogP contribution in [0.1, 0.15) is 40.9 Å². The van der Waals surface area contributed by atoms with Gasteiger partial charge in [0.1, 0.15) is 0 Å². The van der Waals surface area contributed by atoms with E-state index >= 15 is 0 Å². The minimum atomic E-state index is 0.153. The second-order valence-electron chi connectivity index (χ2n) is 8.35. The molecule has 0 radical (unpaired) electrons. The van der Waals surface area contributed by atoms with Crippen molar-refractivity contribution in [2.45, 2.75) is 32.6 Å². The Kier molecular flexibility index (Phi) is 6.06. The minimum absolute atomic E-state index is 0.153. The third-order valence-electron chi connectivity index (χ3n) is 6.60. The Hall–Kier alpha value is -2.20. The van der Waals surface area contributed by atoms with Crippen LogP contribution in [0.3, 0.4) is 0 Å². The minimum Gasteiger partial charge on any atom is -0.339 e. The Bertz CT molecular complexity index is 783. The summed E-state index contributed by atoms with van der Waals surface area (Å²) in [6, 6.07) is 14.6. The number of carbonyl (C=O) groups is 1. The van der Waals surface area contributed by atoms with Crippen molar-refractivity contribution >= 4 is 5.91 Å². The summed E-state index contributed by atoms with van der Waals surface area (Å²) in [4.78, 5) is 21.7. The first-order chi connectivity index (χ1) is 13.7. The maximum atomic E-state index is 12.8. The van der Waals surface area contributed by atoms with E-state index in [4.69, 9.17) is 0 Å². The standard InChI is InChI=1S/C24H31N3O/c1-19-23(8-5-13-25-19)24(28)27-16-11-21(12-17-27)22-10-15-26(18-22)14-9-20-6-3-2-4-7-20/h2-8,13,21-22H,9-12,14-18H2,1H3/t22-/m0/s1. The van der Waals surface area contributed by atoms with Gasteiger partial charge in [0.15, 0.2) is 0 Å². The molecule has 4 heteroatoms. The first kappa shape index (κ1) is 19.1. The smallest absolute Gasteiger partial charge is 0.255 e. The molecule has 2 aliphatic heterocycles. The first-order valence-electron chi connectivity index (χ1n) is 10.7. The Morgan fingerprint density at radius 1 is 1.00 bits per heavy atom. The van der Waals surface area contributed by atoms with Crippen LogP contribution < -0.4 is 0 Å². The Morgan fingerprint density at radius 3 is 2.50 bits per heavy atom. The van der Waals surface area contributed by atoms with E-state index in [9.17, 15) is 4.79 Å². The van der Waals surface area contributed by atoms with Crippen LogP contribution in [0.15, 0.2) is 48.7 Å². The van der Waals surface area contributed by atoms with Crippen LogP contribution in [-0.4, -0.2) is 53.4 Å². The zero-order chi connectivity index (χ0) is 19.3. The lowest BCUT2D eigenvalue weighted by Gasteiger charge is -2.35. The van der Waals surface area contributed by atoms with Crippen LogP contribution in [0.25, 0.3) is 0 Å². The van der Waals surface area contributed by atoms with E-state index in [0.29, 0.717) is 0 Å². The molecule has 2 fully saturated rings. The number of carbonyl (C=O) groups excluding carboxylic acids is 1. The Balaban J connectivity index is 1.24. The van der Waals surface area contributed by atoms with Crippen LogP contribution in [0.4, 0.5) is 0 Å².